The summed E-state index contributed by atoms with van der Waals surface area (Å²) in [6.45, 7) is -0.512. The molecule has 1 aromatic heterocycles. The van der Waals surface area contributed by atoms with Crippen molar-refractivity contribution < 1.29 is 39.5 Å². The first-order valence-corrected chi connectivity index (χ1v) is 6.77. The van der Waals surface area contributed by atoms with Crippen molar-refractivity contribution in [1.29, 1.82) is 0 Å². The Kier molecular flexibility index (Phi) is 3.85. The third-order valence-electron chi connectivity index (χ3n) is 3.54. The second kappa shape index (κ2) is 5.48. The first-order chi connectivity index (χ1) is 11.8. The second-order valence-corrected chi connectivity index (χ2v) is 5.37. The molecule has 0 unspecified atom stereocenters. The Morgan fingerprint density at radius 3 is 2.00 bits per heavy atom. The fourth-order valence-corrected chi connectivity index (χ4v) is 2.39. The van der Waals surface area contributed by atoms with Gasteiger partial charge in [0.25, 0.3) is 0 Å². The van der Waals surface area contributed by atoms with Gasteiger partial charge >= 0.3 is 18.5 Å². The van der Waals surface area contributed by atoms with E-state index in [4.69, 9.17) is 0 Å². The molecule has 1 aliphatic rings. The van der Waals surface area contributed by atoms with E-state index in [-0.39, 0.29) is 11.6 Å². The Hall–Kier alpha value is -2.53. The highest BCUT2D eigenvalue weighted by atomic mass is 19.4. The van der Waals surface area contributed by atoms with E-state index < -0.39 is 58.8 Å². The number of H-pyrrole nitrogens is 1. The van der Waals surface area contributed by atoms with Crippen LogP contribution in [0.4, 0.5) is 39.5 Å². The van der Waals surface area contributed by atoms with E-state index in [9.17, 15) is 39.5 Å². The van der Waals surface area contributed by atoms with Crippen LogP contribution in [0.15, 0.2) is 23.2 Å². The number of allylic oxidation sites excluding steroid dienone is 1. The molecule has 0 atom stereocenters. The molecule has 1 aromatic carbocycles. The first-order valence-electron chi connectivity index (χ1n) is 6.77. The van der Waals surface area contributed by atoms with Crippen molar-refractivity contribution in [3.05, 3.63) is 35.2 Å². The highest BCUT2D eigenvalue weighted by Gasteiger charge is 2.40. The zero-order chi connectivity index (χ0) is 19.5. The molecule has 0 radical (unpaired) electrons. The lowest BCUT2D eigenvalue weighted by molar-refractivity contribution is -0.142. The number of nitrogens with one attached hydrogen (secondary N) is 1. The summed E-state index contributed by atoms with van der Waals surface area (Å²) in [6, 6.07) is 0.329. The molecule has 0 aliphatic carbocycles. The van der Waals surface area contributed by atoms with E-state index in [0.717, 1.165) is 0 Å². The fraction of sp³-hybridized carbons (Fsp3) is 0.286. The number of alkyl halides is 9. The molecule has 12 heteroatoms. The Balaban J connectivity index is 2.15. The molecule has 0 fully saturated rings. The summed E-state index contributed by atoms with van der Waals surface area (Å²) in [5.41, 5.74) is -6.04. The summed E-state index contributed by atoms with van der Waals surface area (Å²) in [4.78, 5) is 8.96. The van der Waals surface area contributed by atoms with Gasteiger partial charge in [-0.15, -0.1) is 0 Å². The van der Waals surface area contributed by atoms with E-state index in [1.807, 2.05) is 0 Å². The van der Waals surface area contributed by atoms with Crippen molar-refractivity contribution >= 4 is 22.3 Å². The largest absolute Gasteiger partial charge is 0.432 e. The van der Waals surface area contributed by atoms with Crippen LogP contribution in [0.1, 0.15) is 17.0 Å². The Bertz CT molecular complexity index is 926. The topological polar surface area (TPSA) is 41.0 Å². The molecule has 0 spiro atoms. The van der Waals surface area contributed by atoms with Gasteiger partial charge in [0.2, 0.25) is 0 Å². The van der Waals surface area contributed by atoms with Crippen LogP contribution < -0.4 is 0 Å². The van der Waals surface area contributed by atoms with Crippen LogP contribution in [-0.4, -0.2) is 28.4 Å². The summed E-state index contributed by atoms with van der Waals surface area (Å²) in [7, 11) is 0. The number of aromatic nitrogens is 2. The quantitative estimate of drug-likeness (QED) is 0.688. The van der Waals surface area contributed by atoms with Crippen LogP contribution >= 0.6 is 0 Å². The maximum atomic E-state index is 13.1. The van der Waals surface area contributed by atoms with Crippen molar-refractivity contribution in [1.82, 2.24) is 9.97 Å². The van der Waals surface area contributed by atoms with Crippen molar-refractivity contribution in [2.45, 2.75) is 18.5 Å². The average molecular weight is 387 g/mol. The zero-order valence-electron chi connectivity index (χ0n) is 12.2. The average Bonchev–Trinajstić information content (AvgIpc) is 3.09. The molecule has 0 saturated heterocycles. The van der Waals surface area contributed by atoms with Crippen LogP contribution in [-0.2, 0) is 12.4 Å². The van der Waals surface area contributed by atoms with Gasteiger partial charge in [0, 0.05) is 5.57 Å². The number of nitrogens with zero attached hydrogens (tertiary/aromatic N) is 2. The number of hydrogen-bond donors (Lipinski definition) is 1. The minimum absolute atomic E-state index is 0.0897. The van der Waals surface area contributed by atoms with Crippen LogP contribution in [0.25, 0.3) is 16.6 Å². The number of rotatable bonds is 1. The van der Waals surface area contributed by atoms with Crippen LogP contribution in [0.2, 0.25) is 0 Å². The maximum Gasteiger partial charge on any atom is 0.432 e. The lowest BCUT2D eigenvalue weighted by atomic mass is 10.1. The lowest BCUT2D eigenvalue weighted by Crippen LogP contribution is -2.19. The van der Waals surface area contributed by atoms with Crippen molar-refractivity contribution in [2.24, 2.45) is 4.99 Å². The molecular formula is C14H6F9N3. The molecule has 2 heterocycles. The lowest BCUT2D eigenvalue weighted by Gasteiger charge is -2.11. The van der Waals surface area contributed by atoms with E-state index in [0.29, 0.717) is 12.1 Å². The van der Waals surface area contributed by atoms with E-state index in [2.05, 4.69) is 15.0 Å². The molecule has 0 saturated carbocycles. The summed E-state index contributed by atoms with van der Waals surface area (Å²) in [6.07, 6.45) is -14.4. The van der Waals surface area contributed by atoms with E-state index in [1.165, 1.54) is 0 Å². The number of aromatic amines is 1. The highest BCUT2D eigenvalue weighted by Crippen LogP contribution is 2.40. The van der Waals surface area contributed by atoms with Gasteiger partial charge in [-0.2, -0.15) is 39.5 Å². The molecule has 2 aromatic rings. The molecule has 3 rings (SSSR count). The van der Waals surface area contributed by atoms with E-state index >= 15 is 0 Å². The second-order valence-electron chi connectivity index (χ2n) is 5.37. The highest BCUT2D eigenvalue weighted by molar-refractivity contribution is 6.07. The number of halogens is 9. The third-order valence-corrected chi connectivity index (χ3v) is 3.54. The van der Waals surface area contributed by atoms with Crippen molar-refractivity contribution in [3.8, 4) is 0 Å². The summed E-state index contributed by atoms with van der Waals surface area (Å²) >= 11 is 0. The van der Waals surface area contributed by atoms with Crippen LogP contribution in [0.3, 0.4) is 0 Å². The third kappa shape index (κ3) is 3.27. The number of imidazole rings is 1. The van der Waals surface area contributed by atoms with Crippen LogP contribution in [0, 0.1) is 0 Å². The maximum absolute atomic E-state index is 13.1. The number of aliphatic imine (C=N–C) groups is 1. The minimum atomic E-state index is -5.14. The van der Waals surface area contributed by atoms with Crippen LogP contribution in [0.5, 0.6) is 0 Å². The monoisotopic (exact) mass is 387 g/mol. The number of hydrogen-bond acceptors (Lipinski definition) is 2. The summed E-state index contributed by atoms with van der Waals surface area (Å²) < 4.78 is 115. The SMILES string of the molecule is FC(F)(F)C1=NCC(c2nc3c(C(F)(F)F)cc(C(F)(F)F)cc3[nH]2)=C1. The molecular weight excluding hydrogens is 381 g/mol. The summed E-state index contributed by atoms with van der Waals surface area (Å²) in [5.74, 6) is -0.409. The molecule has 1 aliphatic heterocycles. The molecule has 1 N–H and O–H groups in total. The van der Waals surface area contributed by atoms with E-state index in [1.54, 1.807) is 0 Å². The van der Waals surface area contributed by atoms with Gasteiger partial charge in [0.1, 0.15) is 17.1 Å². The van der Waals surface area contributed by atoms with Crippen molar-refractivity contribution in [2.75, 3.05) is 6.54 Å². The fourth-order valence-electron chi connectivity index (χ4n) is 2.39. The molecule has 0 bridgehead atoms. The van der Waals surface area contributed by atoms with Gasteiger partial charge < -0.3 is 4.98 Å². The normalized spacial score (nSPS) is 16.2. The summed E-state index contributed by atoms with van der Waals surface area (Å²) in [5, 5.41) is 0. The van der Waals surface area contributed by atoms with Gasteiger partial charge in [-0.25, -0.2) is 4.98 Å². The molecule has 0 amide bonds. The van der Waals surface area contributed by atoms with Gasteiger partial charge in [0.05, 0.1) is 23.2 Å². The predicted octanol–water partition coefficient (Wildman–Crippen LogP) is 5.00. The predicted molar refractivity (Wildman–Crippen MR) is 72.4 cm³/mol. The Morgan fingerprint density at radius 2 is 1.50 bits per heavy atom. The molecule has 26 heavy (non-hydrogen) atoms. The van der Waals surface area contributed by atoms with Gasteiger partial charge in [-0.05, 0) is 18.2 Å². The Morgan fingerprint density at radius 1 is 0.846 bits per heavy atom. The smallest absolute Gasteiger partial charge is 0.338 e. The van der Waals surface area contributed by atoms with Crippen molar-refractivity contribution in [3.63, 3.8) is 0 Å². The Labute approximate surface area is 138 Å². The van der Waals surface area contributed by atoms with Gasteiger partial charge in [-0.1, -0.05) is 0 Å². The minimum Gasteiger partial charge on any atom is -0.338 e. The zero-order valence-corrected chi connectivity index (χ0v) is 12.2. The first kappa shape index (κ1) is 18.3. The number of fused-ring (bicyclic) bond motifs is 1. The standard InChI is InChI=1S/C14H6F9N3/c15-12(16,17)6-2-7(13(18,19)20)10-8(3-6)25-11(26-10)5-1-9(24-4-5)14(21,22)23/h1-3H,4H2,(H,25,26). The molecule has 3 nitrogen and oxygen atoms in total. The van der Waals surface area contributed by atoms with Gasteiger partial charge in [-0.3, -0.25) is 4.99 Å². The van der Waals surface area contributed by atoms with Gasteiger partial charge in [0.15, 0.2) is 0 Å². The molecule has 140 valence electrons. The number of benzene rings is 1.